The Balaban J connectivity index is 1.85. The second kappa shape index (κ2) is 8.38. The summed E-state index contributed by atoms with van der Waals surface area (Å²) in [4.78, 5) is 24.7. The Morgan fingerprint density at radius 1 is 1.10 bits per heavy atom. The van der Waals surface area contributed by atoms with Crippen LogP contribution in [0.2, 0.25) is 0 Å². The van der Waals surface area contributed by atoms with Gasteiger partial charge in [-0.25, -0.2) is 9.59 Å². The van der Waals surface area contributed by atoms with Crippen molar-refractivity contribution in [2.75, 3.05) is 7.11 Å². The van der Waals surface area contributed by atoms with Crippen molar-refractivity contribution in [1.29, 1.82) is 0 Å². The van der Waals surface area contributed by atoms with E-state index in [0.29, 0.717) is 0 Å². The van der Waals surface area contributed by atoms with Crippen LogP contribution in [0.25, 0.3) is 6.08 Å². The lowest BCUT2D eigenvalue weighted by Gasteiger charge is -2.18. The summed E-state index contributed by atoms with van der Waals surface area (Å²) in [7, 11) is 1.09. The maximum absolute atomic E-state index is 12.6. The van der Waals surface area contributed by atoms with E-state index in [9.17, 15) is 22.8 Å². The Kier molecular flexibility index (Phi) is 5.91. The van der Waals surface area contributed by atoms with Gasteiger partial charge in [-0.05, 0) is 48.2 Å². The van der Waals surface area contributed by atoms with E-state index in [1.165, 1.54) is 12.1 Å². The number of alkyl halides is 3. The van der Waals surface area contributed by atoms with E-state index in [0.717, 1.165) is 43.2 Å². The molecule has 8 heteroatoms. The fourth-order valence-electron chi connectivity index (χ4n) is 2.97. The highest BCUT2D eigenvalue weighted by molar-refractivity contribution is 5.92. The van der Waals surface area contributed by atoms with Crippen molar-refractivity contribution in [2.24, 2.45) is 0 Å². The Hall–Kier alpha value is -3.29. The van der Waals surface area contributed by atoms with Gasteiger partial charge in [0.25, 0.3) is 0 Å². The lowest BCUT2D eigenvalue weighted by atomic mass is 9.95. The van der Waals surface area contributed by atoms with E-state index in [4.69, 9.17) is 4.74 Å². The molecule has 5 nitrogen and oxygen atoms in total. The van der Waals surface area contributed by atoms with Crippen LogP contribution in [-0.2, 0) is 20.7 Å². The Morgan fingerprint density at radius 3 is 2.62 bits per heavy atom. The lowest BCUT2D eigenvalue weighted by molar-refractivity contribution is -0.274. The van der Waals surface area contributed by atoms with Crippen LogP contribution in [0, 0.1) is 0 Å². The zero-order chi connectivity index (χ0) is 21.0. The second-order valence-electron chi connectivity index (χ2n) is 6.28. The van der Waals surface area contributed by atoms with Crippen LogP contribution in [-0.4, -0.2) is 25.4 Å². The van der Waals surface area contributed by atoms with Crippen molar-refractivity contribution in [2.45, 2.75) is 25.3 Å². The third kappa shape index (κ3) is 5.16. The van der Waals surface area contributed by atoms with E-state index in [1.807, 2.05) is 12.2 Å². The van der Waals surface area contributed by atoms with Crippen molar-refractivity contribution in [1.82, 2.24) is 0 Å². The molecule has 0 N–H and O–H groups in total. The van der Waals surface area contributed by atoms with Gasteiger partial charge in [-0.3, -0.25) is 0 Å². The molecule has 2 aromatic rings. The van der Waals surface area contributed by atoms with Gasteiger partial charge in [0, 0.05) is 5.56 Å². The summed E-state index contributed by atoms with van der Waals surface area (Å²) in [6.07, 6.45) is -0.832. The van der Waals surface area contributed by atoms with Gasteiger partial charge in [-0.15, -0.1) is 13.2 Å². The summed E-state index contributed by atoms with van der Waals surface area (Å²) < 4.78 is 51.2. The quantitative estimate of drug-likeness (QED) is 0.679. The molecular formula is C21H17F3O5. The van der Waals surface area contributed by atoms with E-state index < -0.39 is 30.2 Å². The fourth-order valence-corrected chi connectivity index (χ4v) is 2.97. The fraction of sp³-hybridized carbons (Fsp3) is 0.238. The van der Waals surface area contributed by atoms with Crippen molar-refractivity contribution in [3.8, 4) is 5.75 Å². The van der Waals surface area contributed by atoms with Crippen molar-refractivity contribution in [3.63, 3.8) is 0 Å². The molecular weight excluding hydrogens is 389 g/mol. The summed E-state index contributed by atoms with van der Waals surface area (Å²) in [5, 5.41) is 0. The molecule has 1 aliphatic carbocycles. The van der Waals surface area contributed by atoms with Crippen molar-refractivity contribution >= 4 is 18.0 Å². The van der Waals surface area contributed by atoms with Gasteiger partial charge in [0.1, 0.15) is 5.75 Å². The molecule has 0 aromatic heterocycles. The monoisotopic (exact) mass is 406 g/mol. The molecule has 0 bridgehead atoms. The predicted octanol–water partition coefficient (Wildman–Crippen LogP) is 4.62. The van der Waals surface area contributed by atoms with E-state index in [2.05, 4.69) is 9.47 Å². The standard InChI is InChI=1S/C21H17F3O5/c1-27-20(26)18(15-7-4-8-17(12-15)29-21(22,23)24)28-19(25)16-10-9-13-5-2-3-6-14(13)11-16/h2,4-5,7-12,18H,3,6H2,1H3. The molecule has 3 rings (SSSR count). The Morgan fingerprint density at radius 2 is 1.90 bits per heavy atom. The SMILES string of the molecule is COC(=O)C(OC(=O)c1ccc2c(c1)CCC=C2)c1cccc(OC(F)(F)F)c1. The van der Waals surface area contributed by atoms with Crippen LogP contribution >= 0.6 is 0 Å². The normalized spacial score (nSPS) is 13.9. The molecule has 0 fully saturated rings. The molecule has 152 valence electrons. The molecule has 0 aliphatic heterocycles. The number of methoxy groups -OCH3 is 1. The Bertz CT molecular complexity index is 950. The smallest absolute Gasteiger partial charge is 0.466 e. The zero-order valence-corrected chi connectivity index (χ0v) is 15.4. The van der Waals surface area contributed by atoms with Crippen LogP contribution in [0.4, 0.5) is 13.2 Å². The van der Waals surface area contributed by atoms with Gasteiger partial charge in [-0.2, -0.15) is 0 Å². The molecule has 0 spiro atoms. The first-order valence-electron chi connectivity index (χ1n) is 8.71. The number of benzene rings is 2. The van der Waals surface area contributed by atoms with E-state index in [1.54, 1.807) is 18.2 Å². The number of aryl methyl sites for hydroxylation is 1. The molecule has 1 atom stereocenters. The molecule has 0 radical (unpaired) electrons. The Labute approximate surface area is 164 Å². The van der Waals surface area contributed by atoms with Gasteiger partial charge in [0.2, 0.25) is 6.10 Å². The largest absolute Gasteiger partial charge is 0.573 e. The maximum Gasteiger partial charge on any atom is 0.573 e. The molecule has 0 saturated carbocycles. The van der Waals surface area contributed by atoms with Crippen LogP contribution in [0.3, 0.4) is 0 Å². The van der Waals surface area contributed by atoms with Crippen LogP contribution in [0.5, 0.6) is 5.75 Å². The number of allylic oxidation sites excluding steroid dienone is 1. The number of halogens is 3. The number of carbonyl (C=O) groups is 2. The number of rotatable bonds is 5. The third-order valence-electron chi connectivity index (χ3n) is 4.29. The summed E-state index contributed by atoms with van der Waals surface area (Å²) >= 11 is 0. The zero-order valence-electron chi connectivity index (χ0n) is 15.4. The highest BCUT2D eigenvalue weighted by Crippen LogP contribution is 2.29. The molecule has 0 heterocycles. The number of hydrogen-bond donors (Lipinski definition) is 0. The van der Waals surface area contributed by atoms with E-state index in [-0.39, 0.29) is 11.1 Å². The first-order valence-corrected chi connectivity index (χ1v) is 8.71. The molecule has 0 amide bonds. The third-order valence-corrected chi connectivity index (χ3v) is 4.29. The number of esters is 2. The van der Waals surface area contributed by atoms with Gasteiger partial charge in [-0.1, -0.05) is 30.4 Å². The molecule has 1 aliphatic rings. The van der Waals surface area contributed by atoms with Crippen LogP contribution in [0.1, 0.15) is 39.6 Å². The molecule has 0 saturated heterocycles. The summed E-state index contributed by atoms with van der Waals surface area (Å²) in [6.45, 7) is 0. The first kappa shape index (κ1) is 20.4. The van der Waals surface area contributed by atoms with Crippen LogP contribution < -0.4 is 4.74 Å². The van der Waals surface area contributed by atoms with Gasteiger partial charge >= 0.3 is 18.3 Å². The summed E-state index contributed by atoms with van der Waals surface area (Å²) in [6, 6.07) is 9.66. The lowest BCUT2D eigenvalue weighted by Crippen LogP contribution is -2.22. The summed E-state index contributed by atoms with van der Waals surface area (Å²) in [5.41, 5.74) is 2.19. The minimum atomic E-state index is -4.90. The highest BCUT2D eigenvalue weighted by Gasteiger charge is 2.32. The van der Waals surface area contributed by atoms with Gasteiger partial charge in [0.15, 0.2) is 0 Å². The number of fused-ring (bicyclic) bond motifs is 1. The predicted molar refractivity (Wildman–Crippen MR) is 97.1 cm³/mol. The molecule has 1 unspecified atom stereocenters. The molecule has 2 aromatic carbocycles. The van der Waals surface area contributed by atoms with Gasteiger partial charge < -0.3 is 14.2 Å². The maximum atomic E-state index is 12.6. The number of hydrogen-bond acceptors (Lipinski definition) is 5. The summed E-state index contributed by atoms with van der Waals surface area (Å²) in [5.74, 6) is -2.26. The topological polar surface area (TPSA) is 61.8 Å². The highest BCUT2D eigenvalue weighted by atomic mass is 19.4. The average molecular weight is 406 g/mol. The molecule has 29 heavy (non-hydrogen) atoms. The van der Waals surface area contributed by atoms with E-state index >= 15 is 0 Å². The van der Waals surface area contributed by atoms with Crippen molar-refractivity contribution < 1.29 is 37.0 Å². The second-order valence-corrected chi connectivity index (χ2v) is 6.28. The minimum absolute atomic E-state index is 0.00663. The number of ether oxygens (including phenoxy) is 3. The average Bonchev–Trinajstić information content (AvgIpc) is 2.69. The first-order chi connectivity index (χ1) is 13.8. The van der Waals surface area contributed by atoms with Crippen LogP contribution in [0.15, 0.2) is 48.5 Å². The van der Waals surface area contributed by atoms with Crippen molar-refractivity contribution in [3.05, 3.63) is 70.8 Å². The van der Waals surface area contributed by atoms with Gasteiger partial charge in [0.05, 0.1) is 12.7 Å². The minimum Gasteiger partial charge on any atom is -0.466 e. The number of carbonyl (C=O) groups excluding carboxylic acids is 2.